The van der Waals surface area contributed by atoms with Crippen molar-refractivity contribution in [2.75, 3.05) is 6.61 Å². The predicted octanol–water partition coefficient (Wildman–Crippen LogP) is 2.71. The summed E-state index contributed by atoms with van der Waals surface area (Å²) in [5.41, 5.74) is 1.94. The molecule has 3 aromatic rings. The van der Waals surface area contributed by atoms with Crippen LogP contribution in [-0.4, -0.2) is 11.2 Å². The van der Waals surface area contributed by atoms with Gasteiger partial charge in [-0.1, -0.05) is 11.3 Å². The number of fused-ring (bicyclic) bond motifs is 1. The predicted molar refractivity (Wildman–Crippen MR) is 86.0 cm³/mol. The van der Waals surface area contributed by atoms with E-state index in [0.29, 0.717) is 24.5 Å². The summed E-state index contributed by atoms with van der Waals surface area (Å²) in [7, 11) is 0. The van der Waals surface area contributed by atoms with Crippen molar-refractivity contribution in [1.82, 2.24) is 4.57 Å². The first-order chi connectivity index (χ1) is 10.5. The Morgan fingerprint density at radius 2 is 2.05 bits per heavy atom. The number of hydrogen-bond acceptors (Lipinski definition) is 5. The van der Waals surface area contributed by atoms with Gasteiger partial charge in [-0.05, 0) is 31.5 Å². The summed E-state index contributed by atoms with van der Waals surface area (Å²) in [6.45, 7) is 4.62. The number of ether oxygens (including phenoxy) is 1. The highest BCUT2D eigenvalue weighted by atomic mass is 32.1. The summed E-state index contributed by atoms with van der Waals surface area (Å²) >= 11 is 1.18. The topological polar surface area (TPSA) is 61.4 Å². The molecule has 6 heteroatoms. The zero-order chi connectivity index (χ0) is 15.7. The highest BCUT2D eigenvalue weighted by Crippen LogP contribution is 2.22. The molecular formula is C16H15NO4S. The van der Waals surface area contributed by atoms with E-state index in [1.54, 1.807) is 10.6 Å². The second-order valence-corrected chi connectivity index (χ2v) is 5.87. The first-order valence-corrected chi connectivity index (χ1v) is 7.75. The molecule has 0 fully saturated rings. The molecule has 0 saturated heterocycles. The Balaban J connectivity index is 1.77. The van der Waals surface area contributed by atoms with Crippen LogP contribution in [0.5, 0.6) is 5.75 Å². The number of nitrogens with zero attached hydrogens (tertiary/aromatic N) is 1. The third-order valence-corrected chi connectivity index (χ3v) is 4.36. The van der Waals surface area contributed by atoms with Crippen molar-refractivity contribution >= 4 is 22.3 Å². The Morgan fingerprint density at radius 1 is 1.23 bits per heavy atom. The lowest BCUT2D eigenvalue weighted by atomic mass is 10.1. The van der Waals surface area contributed by atoms with Crippen molar-refractivity contribution in [3.8, 4) is 5.75 Å². The van der Waals surface area contributed by atoms with Crippen molar-refractivity contribution in [3.63, 3.8) is 0 Å². The van der Waals surface area contributed by atoms with Crippen LogP contribution in [0, 0.1) is 13.8 Å². The number of benzene rings is 1. The standard InChI is InChI=1S/C16H15NO4S/c1-10-7-15(18)21-14-8-12(3-4-13(10)14)20-6-5-17-11(2)9-22-16(17)19/h3-4,7-9H,5-6H2,1-2H3. The minimum Gasteiger partial charge on any atom is -0.492 e. The summed E-state index contributed by atoms with van der Waals surface area (Å²) < 4.78 is 12.5. The van der Waals surface area contributed by atoms with E-state index in [2.05, 4.69) is 0 Å². The van der Waals surface area contributed by atoms with Crippen LogP contribution < -0.4 is 15.2 Å². The SMILES string of the molecule is Cc1cc(=O)oc2cc(OCCn3c(C)csc3=O)ccc12. The van der Waals surface area contributed by atoms with Crippen molar-refractivity contribution < 1.29 is 9.15 Å². The Hall–Kier alpha value is -2.34. The molecule has 114 valence electrons. The van der Waals surface area contributed by atoms with Gasteiger partial charge >= 0.3 is 10.5 Å². The van der Waals surface area contributed by atoms with Gasteiger partial charge in [-0.15, -0.1) is 0 Å². The third kappa shape index (κ3) is 2.82. The van der Waals surface area contributed by atoms with Crippen LogP contribution in [0.15, 0.2) is 43.7 Å². The van der Waals surface area contributed by atoms with Crippen LogP contribution in [0.25, 0.3) is 11.0 Å². The third-order valence-electron chi connectivity index (χ3n) is 3.48. The molecule has 22 heavy (non-hydrogen) atoms. The van der Waals surface area contributed by atoms with Crippen molar-refractivity contribution in [3.05, 3.63) is 61.0 Å². The average molecular weight is 317 g/mol. The Bertz CT molecular complexity index is 935. The van der Waals surface area contributed by atoms with E-state index < -0.39 is 0 Å². The molecule has 0 unspecified atom stereocenters. The van der Waals surface area contributed by atoms with Crippen LogP contribution in [0.3, 0.4) is 0 Å². The van der Waals surface area contributed by atoms with Gasteiger partial charge in [0.05, 0.1) is 6.54 Å². The van der Waals surface area contributed by atoms with E-state index in [1.807, 2.05) is 31.4 Å². The Labute approximate surface area is 130 Å². The average Bonchev–Trinajstić information content (AvgIpc) is 2.78. The number of aromatic nitrogens is 1. The molecule has 2 aromatic heterocycles. The molecule has 0 aliphatic rings. The number of aryl methyl sites for hydroxylation is 2. The molecule has 0 radical (unpaired) electrons. The lowest BCUT2D eigenvalue weighted by Gasteiger charge is -2.08. The number of hydrogen-bond donors (Lipinski definition) is 0. The lowest BCUT2D eigenvalue weighted by molar-refractivity contribution is 0.296. The van der Waals surface area contributed by atoms with E-state index in [9.17, 15) is 9.59 Å². The van der Waals surface area contributed by atoms with Gasteiger partial charge in [0.15, 0.2) is 0 Å². The molecule has 0 saturated carbocycles. The fourth-order valence-corrected chi connectivity index (χ4v) is 3.09. The molecule has 1 aromatic carbocycles. The highest BCUT2D eigenvalue weighted by Gasteiger charge is 2.05. The molecule has 0 aliphatic carbocycles. The molecule has 0 spiro atoms. The van der Waals surface area contributed by atoms with Crippen molar-refractivity contribution in [2.24, 2.45) is 0 Å². The number of thiazole rings is 1. The normalized spacial score (nSPS) is 11.0. The summed E-state index contributed by atoms with van der Waals surface area (Å²) in [5.74, 6) is 0.613. The monoisotopic (exact) mass is 317 g/mol. The van der Waals surface area contributed by atoms with Gasteiger partial charge in [0, 0.05) is 28.6 Å². The maximum absolute atomic E-state index is 11.6. The van der Waals surface area contributed by atoms with Gasteiger partial charge in [-0.3, -0.25) is 9.36 Å². The summed E-state index contributed by atoms with van der Waals surface area (Å²) in [5, 5.41) is 2.72. The van der Waals surface area contributed by atoms with Gasteiger partial charge < -0.3 is 9.15 Å². The van der Waals surface area contributed by atoms with Crippen LogP contribution >= 0.6 is 11.3 Å². The van der Waals surface area contributed by atoms with Crippen LogP contribution in [0.4, 0.5) is 0 Å². The molecule has 0 N–H and O–H groups in total. The molecular weight excluding hydrogens is 302 g/mol. The highest BCUT2D eigenvalue weighted by molar-refractivity contribution is 7.07. The molecule has 0 amide bonds. The lowest BCUT2D eigenvalue weighted by Crippen LogP contribution is -2.18. The molecule has 0 aliphatic heterocycles. The van der Waals surface area contributed by atoms with Gasteiger partial charge in [0.2, 0.25) is 0 Å². The van der Waals surface area contributed by atoms with Gasteiger partial charge in [0.25, 0.3) is 0 Å². The van der Waals surface area contributed by atoms with E-state index >= 15 is 0 Å². The Kier molecular flexibility index (Phi) is 3.85. The summed E-state index contributed by atoms with van der Waals surface area (Å²) in [6, 6.07) is 6.87. The molecule has 2 heterocycles. The molecule has 0 bridgehead atoms. The van der Waals surface area contributed by atoms with Crippen molar-refractivity contribution in [2.45, 2.75) is 20.4 Å². The maximum atomic E-state index is 11.6. The van der Waals surface area contributed by atoms with Gasteiger partial charge in [-0.25, -0.2) is 4.79 Å². The van der Waals surface area contributed by atoms with Gasteiger partial charge in [0.1, 0.15) is 17.9 Å². The minimum absolute atomic E-state index is 0.0150. The van der Waals surface area contributed by atoms with Crippen LogP contribution in [-0.2, 0) is 6.54 Å². The fraction of sp³-hybridized carbons (Fsp3) is 0.250. The van der Waals surface area contributed by atoms with Crippen LogP contribution in [0.1, 0.15) is 11.3 Å². The van der Waals surface area contributed by atoms with E-state index in [4.69, 9.17) is 9.15 Å². The van der Waals surface area contributed by atoms with E-state index in [0.717, 1.165) is 16.6 Å². The van der Waals surface area contributed by atoms with E-state index in [1.165, 1.54) is 17.4 Å². The maximum Gasteiger partial charge on any atom is 0.336 e. The zero-order valence-corrected chi connectivity index (χ0v) is 13.1. The molecule has 0 atom stereocenters. The quantitative estimate of drug-likeness (QED) is 0.694. The first kappa shape index (κ1) is 14.6. The summed E-state index contributed by atoms with van der Waals surface area (Å²) in [6.07, 6.45) is 0. The summed E-state index contributed by atoms with van der Waals surface area (Å²) in [4.78, 5) is 23.0. The molecule has 5 nitrogen and oxygen atoms in total. The second kappa shape index (κ2) is 5.81. The minimum atomic E-state index is -0.373. The zero-order valence-electron chi connectivity index (χ0n) is 12.3. The Morgan fingerprint density at radius 3 is 2.77 bits per heavy atom. The van der Waals surface area contributed by atoms with Crippen LogP contribution in [0.2, 0.25) is 0 Å². The second-order valence-electron chi connectivity index (χ2n) is 5.05. The van der Waals surface area contributed by atoms with Gasteiger partial charge in [-0.2, -0.15) is 0 Å². The molecule has 3 rings (SSSR count). The van der Waals surface area contributed by atoms with E-state index in [-0.39, 0.29) is 10.5 Å². The first-order valence-electron chi connectivity index (χ1n) is 6.87. The van der Waals surface area contributed by atoms with Crippen molar-refractivity contribution in [1.29, 1.82) is 0 Å². The smallest absolute Gasteiger partial charge is 0.336 e. The fourth-order valence-electron chi connectivity index (χ4n) is 2.32. The largest absolute Gasteiger partial charge is 0.492 e. The number of rotatable bonds is 4.